The van der Waals surface area contributed by atoms with Crippen molar-refractivity contribution in [3.8, 4) is 22.6 Å². The van der Waals surface area contributed by atoms with E-state index in [1.54, 1.807) is 25.4 Å². The monoisotopic (exact) mass is 442 g/mol. The van der Waals surface area contributed by atoms with Gasteiger partial charge in [-0.2, -0.15) is 0 Å². The van der Waals surface area contributed by atoms with Crippen molar-refractivity contribution in [3.05, 3.63) is 88.5 Å². The van der Waals surface area contributed by atoms with Gasteiger partial charge in [0.2, 0.25) is 0 Å². The second kappa shape index (κ2) is 9.08. The molecule has 3 heterocycles. The third-order valence-electron chi connectivity index (χ3n) is 6.43. The SMILES string of the molecule is COc1ccc(-c2cc3ccc(O)c(CN4CCCC[C@H]4c4cccnc4)c3oc2=O)cc1. The van der Waals surface area contributed by atoms with Crippen LogP contribution in [0.4, 0.5) is 0 Å². The highest BCUT2D eigenvalue weighted by atomic mass is 16.5. The molecule has 0 aliphatic carbocycles. The van der Waals surface area contributed by atoms with E-state index in [1.165, 1.54) is 5.56 Å². The Morgan fingerprint density at radius 3 is 2.76 bits per heavy atom. The summed E-state index contributed by atoms with van der Waals surface area (Å²) in [4.78, 5) is 19.6. The molecular formula is C27H26N2O4. The fourth-order valence-corrected chi connectivity index (χ4v) is 4.69. The van der Waals surface area contributed by atoms with E-state index in [0.29, 0.717) is 23.3 Å². The highest BCUT2D eigenvalue weighted by molar-refractivity contribution is 5.85. The minimum atomic E-state index is -0.429. The Morgan fingerprint density at radius 1 is 1.15 bits per heavy atom. The molecule has 5 rings (SSSR count). The number of ether oxygens (including phenoxy) is 1. The summed E-state index contributed by atoms with van der Waals surface area (Å²) in [5, 5.41) is 11.5. The van der Waals surface area contributed by atoms with E-state index >= 15 is 0 Å². The predicted octanol–water partition coefficient (Wildman–Crippen LogP) is 5.30. The third-order valence-corrected chi connectivity index (χ3v) is 6.43. The minimum Gasteiger partial charge on any atom is -0.507 e. The summed E-state index contributed by atoms with van der Waals surface area (Å²) in [6.07, 6.45) is 6.96. The topological polar surface area (TPSA) is 75.8 Å². The van der Waals surface area contributed by atoms with Gasteiger partial charge in [0.05, 0.1) is 18.2 Å². The number of hydrogen-bond donors (Lipinski definition) is 1. The van der Waals surface area contributed by atoms with Crippen molar-refractivity contribution in [1.82, 2.24) is 9.88 Å². The standard InChI is InChI=1S/C27H26N2O4/c1-32-21-10-7-18(8-11-21)22-15-19-9-12-25(30)23(26(19)33-27(22)31)17-29-14-3-2-6-24(29)20-5-4-13-28-16-20/h4-5,7-13,15-16,24,30H,2-3,6,14,17H2,1H3/t24-/m0/s1. The zero-order valence-corrected chi connectivity index (χ0v) is 18.5. The maximum atomic E-state index is 12.9. The van der Waals surface area contributed by atoms with Gasteiger partial charge in [0.25, 0.3) is 0 Å². The quantitative estimate of drug-likeness (QED) is 0.423. The maximum absolute atomic E-state index is 12.9. The van der Waals surface area contributed by atoms with Crippen molar-refractivity contribution in [2.75, 3.05) is 13.7 Å². The molecule has 1 saturated heterocycles. The number of methoxy groups -OCH3 is 1. The number of rotatable bonds is 5. The Kier molecular flexibility index (Phi) is 5.84. The van der Waals surface area contributed by atoms with E-state index in [9.17, 15) is 9.90 Å². The van der Waals surface area contributed by atoms with Gasteiger partial charge in [-0.1, -0.05) is 24.6 Å². The molecule has 2 aromatic heterocycles. The van der Waals surface area contributed by atoms with Crippen LogP contribution in [0.15, 0.2) is 76.2 Å². The molecule has 1 fully saturated rings. The molecule has 0 amide bonds. The van der Waals surface area contributed by atoms with Crippen LogP contribution in [0, 0.1) is 0 Å². The van der Waals surface area contributed by atoms with E-state index in [0.717, 1.165) is 42.5 Å². The molecule has 6 heteroatoms. The number of phenolic OH excluding ortho intramolecular Hbond substituents is 1. The van der Waals surface area contributed by atoms with Crippen molar-refractivity contribution in [3.63, 3.8) is 0 Å². The number of hydrogen-bond acceptors (Lipinski definition) is 6. The summed E-state index contributed by atoms with van der Waals surface area (Å²) in [7, 11) is 1.61. The average molecular weight is 443 g/mol. The van der Waals surface area contributed by atoms with Crippen LogP contribution in [0.1, 0.15) is 36.4 Å². The van der Waals surface area contributed by atoms with Crippen molar-refractivity contribution in [2.45, 2.75) is 31.8 Å². The van der Waals surface area contributed by atoms with Crippen LogP contribution in [-0.2, 0) is 6.54 Å². The van der Waals surface area contributed by atoms with Crippen LogP contribution in [0.25, 0.3) is 22.1 Å². The van der Waals surface area contributed by atoms with Crippen molar-refractivity contribution < 1.29 is 14.3 Å². The van der Waals surface area contributed by atoms with Gasteiger partial charge in [0.1, 0.15) is 17.1 Å². The molecule has 33 heavy (non-hydrogen) atoms. The summed E-state index contributed by atoms with van der Waals surface area (Å²) in [5.74, 6) is 0.860. The molecule has 2 aromatic carbocycles. The first-order valence-corrected chi connectivity index (χ1v) is 11.2. The largest absolute Gasteiger partial charge is 0.507 e. The minimum absolute atomic E-state index is 0.137. The van der Waals surface area contributed by atoms with Gasteiger partial charge < -0.3 is 14.3 Å². The highest BCUT2D eigenvalue weighted by Gasteiger charge is 2.26. The smallest absolute Gasteiger partial charge is 0.344 e. The van der Waals surface area contributed by atoms with E-state index < -0.39 is 5.63 Å². The van der Waals surface area contributed by atoms with E-state index in [-0.39, 0.29) is 11.8 Å². The van der Waals surface area contributed by atoms with Gasteiger partial charge in [-0.25, -0.2) is 4.79 Å². The van der Waals surface area contributed by atoms with E-state index in [2.05, 4.69) is 16.0 Å². The molecular weight excluding hydrogens is 416 g/mol. The molecule has 168 valence electrons. The molecule has 0 bridgehead atoms. The zero-order valence-electron chi connectivity index (χ0n) is 18.5. The molecule has 1 aliphatic rings. The molecule has 1 aliphatic heterocycles. The molecule has 6 nitrogen and oxygen atoms in total. The summed E-state index contributed by atoms with van der Waals surface area (Å²) >= 11 is 0. The second-order valence-electron chi connectivity index (χ2n) is 8.43. The Morgan fingerprint density at radius 2 is 2.00 bits per heavy atom. The molecule has 1 N–H and O–H groups in total. The van der Waals surface area contributed by atoms with Crippen LogP contribution in [0.3, 0.4) is 0 Å². The second-order valence-corrected chi connectivity index (χ2v) is 8.43. The number of nitrogens with zero attached hydrogens (tertiary/aromatic N) is 2. The number of aromatic hydroxyl groups is 1. The summed E-state index contributed by atoms with van der Waals surface area (Å²) in [6, 6.07) is 16.9. The fraction of sp³-hybridized carbons (Fsp3) is 0.259. The highest BCUT2D eigenvalue weighted by Crippen LogP contribution is 2.36. The van der Waals surface area contributed by atoms with E-state index in [4.69, 9.17) is 9.15 Å². The molecule has 0 unspecified atom stereocenters. The average Bonchev–Trinajstić information content (AvgIpc) is 2.86. The van der Waals surface area contributed by atoms with Crippen LogP contribution in [0.2, 0.25) is 0 Å². The number of phenols is 1. The lowest BCUT2D eigenvalue weighted by atomic mass is 9.95. The Labute approximate surface area is 192 Å². The van der Waals surface area contributed by atoms with Gasteiger partial charge in [-0.05, 0) is 66.9 Å². The van der Waals surface area contributed by atoms with Crippen LogP contribution in [-0.4, -0.2) is 28.6 Å². The number of fused-ring (bicyclic) bond motifs is 1. The summed E-state index contributed by atoms with van der Waals surface area (Å²) in [6.45, 7) is 1.40. The van der Waals surface area contributed by atoms with Crippen LogP contribution < -0.4 is 10.4 Å². The van der Waals surface area contributed by atoms with E-state index in [1.807, 2.05) is 42.6 Å². The molecule has 0 radical (unpaired) electrons. The number of likely N-dealkylation sites (tertiary alicyclic amines) is 1. The maximum Gasteiger partial charge on any atom is 0.344 e. The van der Waals surface area contributed by atoms with Gasteiger partial charge in [0.15, 0.2) is 0 Å². The van der Waals surface area contributed by atoms with Crippen molar-refractivity contribution >= 4 is 11.0 Å². The van der Waals surface area contributed by atoms with Crippen molar-refractivity contribution in [2.24, 2.45) is 0 Å². The van der Waals surface area contributed by atoms with Crippen molar-refractivity contribution in [1.29, 1.82) is 0 Å². The predicted molar refractivity (Wildman–Crippen MR) is 127 cm³/mol. The lowest BCUT2D eigenvalue weighted by Crippen LogP contribution is -2.33. The lowest BCUT2D eigenvalue weighted by molar-refractivity contribution is 0.139. The first-order chi connectivity index (χ1) is 16.1. The Balaban J connectivity index is 1.53. The Bertz CT molecular complexity index is 1320. The molecule has 0 saturated carbocycles. The first-order valence-electron chi connectivity index (χ1n) is 11.2. The zero-order chi connectivity index (χ0) is 22.8. The Hall–Kier alpha value is -3.64. The summed E-state index contributed by atoms with van der Waals surface area (Å²) in [5.41, 5.74) is 3.05. The number of pyridine rings is 1. The van der Waals surface area contributed by atoms with Gasteiger partial charge in [-0.15, -0.1) is 0 Å². The molecule has 4 aromatic rings. The fourth-order valence-electron chi connectivity index (χ4n) is 4.69. The number of aromatic nitrogens is 1. The third kappa shape index (κ3) is 4.22. The molecule has 0 spiro atoms. The van der Waals surface area contributed by atoms with Crippen LogP contribution in [0.5, 0.6) is 11.5 Å². The van der Waals surface area contributed by atoms with Gasteiger partial charge in [0, 0.05) is 30.4 Å². The first kappa shape index (κ1) is 21.2. The molecule has 1 atom stereocenters. The van der Waals surface area contributed by atoms with Gasteiger partial charge in [-0.3, -0.25) is 9.88 Å². The lowest BCUT2D eigenvalue weighted by Gasteiger charge is -2.36. The number of piperidine rings is 1. The normalized spacial score (nSPS) is 16.7. The summed E-state index contributed by atoms with van der Waals surface area (Å²) < 4.78 is 11.0. The number of benzene rings is 2. The van der Waals surface area contributed by atoms with Crippen LogP contribution >= 0.6 is 0 Å². The van der Waals surface area contributed by atoms with Gasteiger partial charge >= 0.3 is 5.63 Å².